The topological polar surface area (TPSA) is 3.24 Å². The minimum Gasteiger partial charge on any atom is -0.300 e. The lowest BCUT2D eigenvalue weighted by Gasteiger charge is -2.41. The van der Waals surface area contributed by atoms with E-state index < -0.39 is 0 Å². The Hall–Kier alpha value is -0.820. The van der Waals surface area contributed by atoms with Crippen LogP contribution in [0, 0.1) is 5.92 Å². The fourth-order valence-corrected chi connectivity index (χ4v) is 2.69. The largest absolute Gasteiger partial charge is 0.300 e. The average Bonchev–Trinajstić information content (AvgIpc) is 2.42. The molecule has 1 aromatic carbocycles. The molecule has 0 bridgehead atoms. The van der Waals surface area contributed by atoms with Crippen molar-refractivity contribution >= 4 is 0 Å². The van der Waals surface area contributed by atoms with Crippen LogP contribution in [0.1, 0.15) is 52.9 Å². The zero-order valence-electron chi connectivity index (χ0n) is 13.0. The Morgan fingerprint density at radius 1 is 0.789 bits per heavy atom. The monoisotopic (exact) mass is 261 g/mol. The summed E-state index contributed by atoms with van der Waals surface area (Å²) >= 11 is 0. The average molecular weight is 261 g/mol. The maximum Gasteiger partial charge on any atom is 0.00953 e. The standard InChI is InChI=1S/C10H19N.C6H6.C2H6/c1-9-4-3-7-11(8-9)10-5-2-6-10;1-2-4-6-5-3-1;1-2/h9-10H,2-8H2,1H3;1-6H;1-2H3/t9-;;/m0../s1. The summed E-state index contributed by atoms with van der Waals surface area (Å²) in [5, 5.41) is 0. The molecule has 1 heteroatoms. The summed E-state index contributed by atoms with van der Waals surface area (Å²) in [6.45, 7) is 9.16. The van der Waals surface area contributed by atoms with Gasteiger partial charge in [-0.1, -0.05) is 63.6 Å². The molecule has 1 saturated heterocycles. The third-order valence-electron chi connectivity index (χ3n) is 3.95. The van der Waals surface area contributed by atoms with E-state index in [4.69, 9.17) is 0 Å². The molecule has 0 aromatic heterocycles. The van der Waals surface area contributed by atoms with Gasteiger partial charge in [-0.3, -0.25) is 0 Å². The van der Waals surface area contributed by atoms with Crippen LogP contribution in [0.4, 0.5) is 0 Å². The molecule has 0 radical (unpaired) electrons. The highest BCUT2D eigenvalue weighted by Crippen LogP contribution is 2.28. The highest BCUT2D eigenvalue weighted by atomic mass is 15.2. The molecule has 0 amide bonds. The zero-order valence-corrected chi connectivity index (χ0v) is 13.0. The minimum absolute atomic E-state index is 0.962. The van der Waals surface area contributed by atoms with Crippen molar-refractivity contribution in [3.05, 3.63) is 36.4 Å². The van der Waals surface area contributed by atoms with E-state index in [1.165, 1.54) is 45.2 Å². The van der Waals surface area contributed by atoms with Gasteiger partial charge in [-0.15, -0.1) is 0 Å². The molecule has 0 unspecified atom stereocenters. The van der Waals surface area contributed by atoms with Crippen LogP contribution in [0.2, 0.25) is 0 Å². The molecule has 2 fully saturated rings. The summed E-state index contributed by atoms with van der Waals surface area (Å²) in [4.78, 5) is 2.72. The van der Waals surface area contributed by atoms with Gasteiger partial charge < -0.3 is 4.90 Å². The fourth-order valence-electron chi connectivity index (χ4n) is 2.69. The van der Waals surface area contributed by atoms with Crippen LogP contribution < -0.4 is 0 Å². The summed E-state index contributed by atoms with van der Waals surface area (Å²) in [5.74, 6) is 0.962. The molecule has 3 rings (SSSR count). The van der Waals surface area contributed by atoms with Crippen LogP contribution in [0.25, 0.3) is 0 Å². The minimum atomic E-state index is 0.962. The SMILES string of the molecule is CC.C[C@H]1CCCN(C2CCC2)C1.c1ccccc1. The molecule has 1 aliphatic carbocycles. The van der Waals surface area contributed by atoms with Gasteiger partial charge in [-0.25, -0.2) is 0 Å². The third-order valence-corrected chi connectivity index (χ3v) is 3.95. The number of hydrogen-bond donors (Lipinski definition) is 0. The van der Waals surface area contributed by atoms with Crippen LogP contribution in [0.3, 0.4) is 0 Å². The molecule has 1 atom stereocenters. The lowest BCUT2D eigenvalue weighted by molar-refractivity contribution is 0.0817. The van der Waals surface area contributed by atoms with Gasteiger partial charge in [0.15, 0.2) is 0 Å². The second-order valence-electron chi connectivity index (χ2n) is 5.48. The van der Waals surface area contributed by atoms with Gasteiger partial charge in [0.05, 0.1) is 0 Å². The smallest absolute Gasteiger partial charge is 0.00953 e. The van der Waals surface area contributed by atoms with Crippen molar-refractivity contribution in [3.8, 4) is 0 Å². The van der Waals surface area contributed by atoms with E-state index in [0.717, 1.165) is 12.0 Å². The van der Waals surface area contributed by atoms with Crippen molar-refractivity contribution < 1.29 is 0 Å². The van der Waals surface area contributed by atoms with Crippen molar-refractivity contribution in [2.75, 3.05) is 13.1 Å². The summed E-state index contributed by atoms with van der Waals surface area (Å²) in [5.41, 5.74) is 0. The Morgan fingerprint density at radius 2 is 1.32 bits per heavy atom. The Morgan fingerprint density at radius 3 is 1.68 bits per heavy atom. The molecule has 1 heterocycles. The highest BCUT2D eigenvalue weighted by molar-refractivity contribution is 4.99. The van der Waals surface area contributed by atoms with Crippen LogP contribution >= 0.6 is 0 Å². The molecule has 1 nitrogen and oxygen atoms in total. The van der Waals surface area contributed by atoms with Crippen LogP contribution in [0.5, 0.6) is 0 Å². The van der Waals surface area contributed by atoms with Gasteiger partial charge in [0.25, 0.3) is 0 Å². The first-order valence-corrected chi connectivity index (χ1v) is 8.10. The Bertz CT molecular complexity index is 265. The van der Waals surface area contributed by atoms with E-state index in [0.29, 0.717) is 0 Å². The summed E-state index contributed by atoms with van der Waals surface area (Å²) in [6.07, 6.45) is 7.34. The van der Waals surface area contributed by atoms with E-state index in [1.54, 1.807) is 0 Å². The summed E-state index contributed by atoms with van der Waals surface area (Å²) in [6, 6.07) is 13.0. The maximum atomic E-state index is 2.72. The van der Waals surface area contributed by atoms with Crippen LogP contribution in [-0.2, 0) is 0 Å². The lowest BCUT2D eigenvalue weighted by atomic mass is 9.88. The third kappa shape index (κ3) is 6.24. The molecule has 0 N–H and O–H groups in total. The maximum absolute atomic E-state index is 2.72. The van der Waals surface area contributed by atoms with Crippen molar-refractivity contribution in [1.82, 2.24) is 4.90 Å². The molecule has 0 spiro atoms. The fraction of sp³-hybridized carbons (Fsp3) is 0.667. The molecular formula is C18H31N. The van der Waals surface area contributed by atoms with Gasteiger partial charge in [0.1, 0.15) is 0 Å². The molecule has 1 aromatic rings. The Kier molecular flexibility index (Phi) is 8.57. The number of rotatable bonds is 1. The molecule has 1 aliphatic heterocycles. The number of piperidine rings is 1. The number of benzene rings is 1. The molecule has 1 saturated carbocycles. The number of nitrogens with zero attached hydrogens (tertiary/aromatic N) is 1. The summed E-state index contributed by atoms with van der Waals surface area (Å²) < 4.78 is 0. The van der Waals surface area contributed by atoms with Crippen LogP contribution in [0.15, 0.2) is 36.4 Å². The normalized spacial score (nSPS) is 23.2. The van der Waals surface area contributed by atoms with Gasteiger partial charge in [0, 0.05) is 12.6 Å². The molecule has 108 valence electrons. The predicted molar refractivity (Wildman–Crippen MR) is 85.4 cm³/mol. The quantitative estimate of drug-likeness (QED) is 0.689. The molecule has 19 heavy (non-hydrogen) atoms. The van der Waals surface area contributed by atoms with Crippen molar-refractivity contribution in [2.45, 2.75) is 58.9 Å². The first-order valence-electron chi connectivity index (χ1n) is 8.10. The van der Waals surface area contributed by atoms with Gasteiger partial charge >= 0.3 is 0 Å². The first-order chi connectivity index (χ1) is 9.36. The zero-order chi connectivity index (χ0) is 13.9. The van der Waals surface area contributed by atoms with Crippen molar-refractivity contribution in [1.29, 1.82) is 0 Å². The van der Waals surface area contributed by atoms with E-state index in [2.05, 4.69) is 11.8 Å². The van der Waals surface area contributed by atoms with E-state index >= 15 is 0 Å². The second kappa shape index (κ2) is 10.0. The Labute approximate surface area is 120 Å². The van der Waals surface area contributed by atoms with Crippen LogP contribution in [-0.4, -0.2) is 24.0 Å². The first kappa shape index (κ1) is 16.2. The van der Waals surface area contributed by atoms with E-state index in [9.17, 15) is 0 Å². The Balaban J connectivity index is 0.000000192. The predicted octanol–water partition coefficient (Wildman–Crippen LogP) is 4.98. The van der Waals surface area contributed by atoms with Crippen molar-refractivity contribution in [3.63, 3.8) is 0 Å². The molecular weight excluding hydrogens is 230 g/mol. The highest BCUT2D eigenvalue weighted by Gasteiger charge is 2.27. The van der Waals surface area contributed by atoms with Gasteiger partial charge in [-0.2, -0.15) is 0 Å². The van der Waals surface area contributed by atoms with Gasteiger partial charge in [-0.05, 0) is 38.1 Å². The molecule has 2 aliphatic rings. The second-order valence-corrected chi connectivity index (χ2v) is 5.48. The van der Waals surface area contributed by atoms with E-state index in [-0.39, 0.29) is 0 Å². The number of likely N-dealkylation sites (tertiary alicyclic amines) is 1. The summed E-state index contributed by atoms with van der Waals surface area (Å²) in [7, 11) is 0. The van der Waals surface area contributed by atoms with Gasteiger partial charge in [0.2, 0.25) is 0 Å². The number of hydrogen-bond acceptors (Lipinski definition) is 1. The lowest BCUT2D eigenvalue weighted by Crippen LogP contribution is -2.45. The van der Waals surface area contributed by atoms with E-state index in [1.807, 2.05) is 50.2 Å². The van der Waals surface area contributed by atoms with Crippen molar-refractivity contribution in [2.24, 2.45) is 5.92 Å².